The van der Waals surface area contributed by atoms with Crippen molar-refractivity contribution in [2.45, 2.75) is 0 Å². The van der Waals surface area contributed by atoms with E-state index in [4.69, 9.17) is 9.47 Å². The quantitative estimate of drug-likeness (QED) is 0.297. The number of nitrogens with one attached hydrogen (secondary N) is 1. The van der Waals surface area contributed by atoms with E-state index in [0.29, 0.717) is 21.7 Å². The molecular formula is C21H15BrN2O6. The molecule has 0 saturated heterocycles. The highest BCUT2D eigenvalue weighted by atomic mass is 79.9. The summed E-state index contributed by atoms with van der Waals surface area (Å²) in [6, 6.07) is 19.4. The minimum atomic E-state index is -0.723. The van der Waals surface area contributed by atoms with Crippen molar-refractivity contribution in [3.8, 4) is 11.5 Å². The van der Waals surface area contributed by atoms with Crippen LogP contribution in [0, 0.1) is 10.1 Å². The van der Waals surface area contributed by atoms with Gasteiger partial charge in [-0.15, -0.1) is 0 Å². The normalized spacial score (nSPS) is 10.2. The Bertz CT molecular complexity index is 1090. The minimum Gasteiger partial charge on any atom is -0.456 e. The minimum absolute atomic E-state index is 0.124. The first-order valence-corrected chi connectivity index (χ1v) is 9.46. The molecule has 30 heavy (non-hydrogen) atoms. The summed E-state index contributed by atoms with van der Waals surface area (Å²) in [5.41, 5.74) is 0.362. The van der Waals surface area contributed by atoms with Crippen molar-refractivity contribution in [3.63, 3.8) is 0 Å². The molecule has 9 heteroatoms. The fourth-order valence-corrected chi connectivity index (χ4v) is 2.92. The van der Waals surface area contributed by atoms with Gasteiger partial charge in [-0.25, -0.2) is 4.79 Å². The molecule has 0 atom stereocenters. The number of nitro benzene ring substituents is 1. The molecule has 0 fully saturated rings. The first kappa shape index (κ1) is 21.0. The summed E-state index contributed by atoms with van der Waals surface area (Å²) in [6.07, 6.45) is 0. The van der Waals surface area contributed by atoms with E-state index in [0.717, 1.165) is 0 Å². The maximum atomic E-state index is 12.4. The lowest BCUT2D eigenvalue weighted by molar-refractivity contribution is -0.384. The molecular weight excluding hydrogens is 456 g/mol. The van der Waals surface area contributed by atoms with Gasteiger partial charge in [-0.05, 0) is 46.3 Å². The van der Waals surface area contributed by atoms with Crippen LogP contribution < -0.4 is 10.1 Å². The Balaban J connectivity index is 1.62. The molecule has 0 bridgehead atoms. The smallest absolute Gasteiger partial charge is 0.342 e. The van der Waals surface area contributed by atoms with Crippen LogP contribution in [0.15, 0.2) is 77.3 Å². The second-order valence-electron chi connectivity index (χ2n) is 5.96. The first-order valence-electron chi connectivity index (χ1n) is 8.67. The highest BCUT2D eigenvalue weighted by molar-refractivity contribution is 9.10. The van der Waals surface area contributed by atoms with Crippen LogP contribution in [0.25, 0.3) is 0 Å². The van der Waals surface area contributed by atoms with Gasteiger partial charge >= 0.3 is 5.97 Å². The lowest BCUT2D eigenvalue weighted by atomic mass is 10.2. The summed E-state index contributed by atoms with van der Waals surface area (Å²) in [5.74, 6) is -0.468. The van der Waals surface area contributed by atoms with Gasteiger partial charge in [0, 0.05) is 16.6 Å². The van der Waals surface area contributed by atoms with Gasteiger partial charge in [-0.3, -0.25) is 14.9 Å². The van der Waals surface area contributed by atoms with Gasteiger partial charge in [0.05, 0.1) is 10.6 Å². The molecule has 0 saturated carbocycles. The molecule has 3 rings (SSSR count). The lowest BCUT2D eigenvalue weighted by Crippen LogP contribution is -2.21. The molecule has 0 aliphatic heterocycles. The number of hydrogen-bond acceptors (Lipinski definition) is 6. The molecule has 152 valence electrons. The molecule has 3 aromatic rings. The Morgan fingerprint density at radius 3 is 2.40 bits per heavy atom. The fraction of sp³-hybridized carbons (Fsp3) is 0.0476. The van der Waals surface area contributed by atoms with E-state index < -0.39 is 23.4 Å². The van der Waals surface area contributed by atoms with Crippen LogP contribution in [0.3, 0.4) is 0 Å². The maximum Gasteiger partial charge on any atom is 0.342 e. The highest BCUT2D eigenvalue weighted by Crippen LogP contribution is 2.27. The Labute approximate surface area is 179 Å². The Morgan fingerprint density at radius 2 is 1.70 bits per heavy atom. The SMILES string of the molecule is O=C(COC(=O)c1ccccc1Oc1ccccc1)Nc1ccc([N+](=O)[O-])cc1Br. The summed E-state index contributed by atoms with van der Waals surface area (Å²) in [7, 11) is 0. The summed E-state index contributed by atoms with van der Waals surface area (Å²) in [4.78, 5) is 34.8. The molecule has 1 amide bonds. The van der Waals surface area contributed by atoms with Crippen molar-refractivity contribution in [1.29, 1.82) is 0 Å². The van der Waals surface area contributed by atoms with E-state index >= 15 is 0 Å². The van der Waals surface area contributed by atoms with Crippen molar-refractivity contribution in [3.05, 3.63) is 92.9 Å². The van der Waals surface area contributed by atoms with Crippen molar-refractivity contribution >= 4 is 39.2 Å². The number of anilines is 1. The number of nitro groups is 1. The predicted molar refractivity (Wildman–Crippen MR) is 113 cm³/mol. The first-order chi connectivity index (χ1) is 14.4. The number of carbonyl (C=O) groups excluding carboxylic acids is 2. The van der Waals surface area contributed by atoms with E-state index in [1.807, 2.05) is 6.07 Å². The van der Waals surface area contributed by atoms with Crippen molar-refractivity contribution in [1.82, 2.24) is 0 Å². The molecule has 0 aliphatic rings. The second-order valence-corrected chi connectivity index (χ2v) is 6.81. The highest BCUT2D eigenvalue weighted by Gasteiger charge is 2.17. The van der Waals surface area contributed by atoms with Crippen LogP contribution in [0.4, 0.5) is 11.4 Å². The average Bonchev–Trinajstić information content (AvgIpc) is 2.74. The van der Waals surface area contributed by atoms with Crippen LogP contribution in [-0.4, -0.2) is 23.4 Å². The number of hydrogen-bond donors (Lipinski definition) is 1. The molecule has 1 N–H and O–H groups in total. The van der Waals surface area contributed by atoms with E-state index in [2.05, 4.69) is 21.2 Å². The molecule has 8 nitrogen and oxygen atoms in total. The van der Waals surface area contributed by atoms with Crippen LogP contribution >= 0.6 is 15.9 Å². The van der Waals surface area contributed by atoms with E-state index in [9.17, 15) is 19.7 Å². The summed E-state index contributed by atoms with van der Waals surface area (Å²) >= 11 is 3.16. The number of carbonyl (C=O) groups is 2. The molecule has 0 radical (unpaired) electrons. The summed E-state index contributed by atoms with van der Waals surface area (Å²) in [5, 5.41) is 13.3. The van der Waals surface area contributed by atoms with Crippen LogP contribution in [0.1, 0.15) is 10.4 Å². The Hall–Kier alpha value is -3.72. The standard InChI is InChI=1S/C21H15BrN2O6/c22-17-12-14(24(27)28)10-11-18(17)23-20(25)13-29-21(26)16-8-4-5-9-19(16)30-15-6-2-1-3-7-15/h1-12H,13H2,(H,23,25). The molecule has 0 unspecified atom stereocenters. The van der Waals surface area contributed by atoms with Crippen molar-refractivity contribution < 1.29 is 24.0 Å². The van der Waals surface area contributed by atoms with Gasteiger partial charge in [-0.2, -0.15) is 0 Å². The summed E-state index contributed by atoms with van der Waals surface area (Å²) < 4.78 is 11.1. The zero-order chi connectivity index (χ0) is 21.5. The number of ether oxygens (including phenoxy) is 2. The lowest BCUT2D eigenvalue weighted by Gasteiger charge is -2.11. The third kappa shape index (κ3) is 5.42. The van der Waals surface area contributed by atoms with Crippen molar-refractivity contribution in [2.24, 2.45) is 0 Å². The average molecular weight is 471 g/mol. The number of benzene rings is 3. The molecule has 0 aliphatic carbocycles. The molecule has 0 heterocycles. The monoisotopic (exact) mass is 470 g/mol. The van der Waals surface area contributed by atoms with E-state index in [1.54, 1.807) is 42.5 Å². The number of nitrogens with zero attached hydrogens (tertiary/aromatic N) is 1. The van der Waals surface area contributed by atoms with E-state index in [1.165, 1.54) is 24.3 Å². The van der Waals surface area contributed by atoms with E-state index in [-0.39, 0.29) is 11.3 Å². The maximum absolute atomic E-state index is 12.4. The number of rotatable bonds is 7. The van der Waals surface area contributed by atoms with Gasteiger partial charge in [0.1, 0.15) is 17.1 Å². The number of esters is 1. The summed E-state index contributed by atoms with van der Waals surface area (Å²) in [6.45, 7) is -0.540. The van der Waals surface area contributed by atoms with Gasteiger partial charge < -0.3 is 14.8 Å². The van der Waals surface area contributed by atoms with Crippen molar-refractivity contribution in [2.75, 3.05) is 11.9 Å². The second kappa shape index (κ2) is 9.66. The zero-order valence-corrected chi connectivity index (χ0v) is 17.0. The third-order valence-electron chi connectivity index (χ3n) is 3.85. The number of para-hydroxylation sites is 2. The number of halogens is 1. The predicted octanol–water partition coefficient (Wildman–Crippen LogP) is 4.95. The van der Waals surface area contributed by atoms with Gasteiger partial charge in [0.15, 0.2) is 6.61 Å². The van der Waals surface area contributed by atoms with Gasteiger partial charge in [0.25, 0.3) is 11.6 Å². The van der Waals surface area contributed by atoms with Crippen LogP contribution in [0.2, 0.25) is 0 Å². The third-order valence-corrected chi connectivity index (χ3v) is 4.51. The number of amides is 1. The fourth-order valence-electron chi connectivity index (χ4n) is 2.45. The molecule has 0 spiro atoms. The van der Waals surface area contributed by atoms with Gasteiger partial charge in [0.2, 0.25) is 0 Å². The topological polar surface area (TPSA) is 108 Å². The van der Waals surface area contributed by atoms with Crippen LogP contribution in [-0.2, 0) is 9.53 Å². The molecule has 3 aromatic carbocycles. The van der Waals surface area contributed by atoms with Gasteiger partial charge in [-0.1, -0.05) is 30.3 Å². The molecule has 0 aromatic heterocycles. The van der Waals surface area contributed by atoms with Crippen LogP contribution in [0.5, 0.6) is 11.5 Å². The largest absolute Gasteiger partial charge is 0.456 e. The Morgan fingerprint density at radius 1 is 1.00 bits per heavy atom. The number of non-ortho nitro benzene ring substituents is 1. The Kier molecular flexibility index (Phi) is 6.76. The zero-order valence-electron chi connectivity index (χ0n) is 15.4.